The predicted molar refractivity (Wildman–Crippen MR) is 127 cm³/mol. The van der Waals surface area contributed by atoms with Crippen molar-refractivity contribution in [2.24, 2.45) is 0 Å². The Labute approximate surface area is 195 Å². The molecule has 2 N–H and O–H groups in total. The van der Waals surface area contributed by atoms with Gasteiger partial charge in [0.05, 0.1) is 35.6 Å². The minimum Gasteiger partial charge on any atom is -0.461 e. The second kappa shape index (κ2) is 8.11. The average molecular weight is 482 g/mol. The maximum Gasteiger partial charge on any atom is 0.340 e. The Balaban J connectivity index is 1.54. The molecule has 176 valence electrons. The highest BCUT2D eigenvalue weighted by molar-refractivity contribution is 7.91. The molecule has 0 unspecified atom stereocenters. The van der Waals surface area contributed by atoms with Gasteiger partial charge in [0.1, 0.15) is 16.9 Å². The number of hydrogen-bond acceptors (Lipinski definition) is 7. The largest absolute Gasteiger partial charge is 0.461 e. The molecule has 8 nitrogen and oxygen atoms in total. The lowest BCUT2D eigenvalue weighted by atomic mass is 9.98. The van der Waals surface area contributed by atoms with Crippen LogP contribution in [0.5, 0.6) is 0 Å². The van der Waals surface area contributed by atoms with Crippen molar-refractivity contribution in [1.82, 2.24) is 5.32 Å². The van der Waals surface area contributed by atoms with Crippen LogP contribution in [-0.4, -0.2) is 43.1 Å². The SMILES string of the molecule is Cc1oc2cc3oc(=O)c(CC(=O)N[C@@H]4CS(=O)(=O)C[C@H]4O)c(C)c3cc2c1-c1ccccc1. The topological polar surface area (TPSA) is 127 Å². The molecule has 0 bridgehead atoms. The Bertz CT molecular complexity index is 1600. The van der Waals surface area contributed by atoms with E-state index in [2.05, 4.69) is 5.32 Å². The summed E-state index contributed by atoms with van der Waals surface area (Å²) in [7, 11) is -3.41. The van der Waals surface area contributed by atoms with E-state index in [0.29, 0.717) is 22.1 Å². The average Bonchev–Trinajstić information content (AvgIpc) is 3.23. The number of aryl methyl sites for hydroxylation is 2. The first-order valence-electron chi connectivity index (χ1n) is 10.9. The third-order valence-electron chi connectivity index (χ3n) is 6.34. The minimum atomic E-state index is -3.41. The van der Waals surface area contributed by atoms with Crippen LogP contribution in [0.1, 0.15) is 16.9 Å². The summed E-state index contributed by atoms with van der Waals surface area (Å²) in [6.45, 7) is 3.63. The fourth-order valence-corrected chi connectivity index (χ4v) is 6.40. The highest BCUT2D eigenvalue weighted by Gasteiger charge is 2.37. The Morgan fingerprint density at radius 3 is 2.44 bits per heavy atom. The van der Waals surface area contributed by atoms with E-state index in [9.17, 15) is 23.1 Å². The zero-order valence-electron chi connectivity index (χ0n) is 18.6. The highest BCUT2D eigenvalue weighted by atomic mass is 32.2. The molecule has 9 heteroatoms. The van der Waals surface area contributed by atoms with E-state index in [1.54, 1.807) is 13.0 Å². The number of benzene rings is 2. The number of aliphatic hydroxyl groups excluding tert-OH is 1. The zero-order valence-corrected chi connectivity index (χ0v) is 19.4. The van der Waals surface area contributed by atoms with Crippen LogP contribution < -0.4 is 10.9 Å². The standard InChI is InChI=1S/C25H23NO7S/c1-13-16-8-18-22(32-14(2)24(18)15-6-4-3-5-7-15)10-21(16)33-25(29)17(13)9-23(28)26-19-11-34(30,31)12-20(19)27/h3-8,10,19-20,27H,9,11-12H2,1-2H3,(H,26,28)/t19-,20-/m1/s1. The molecule has 4 aromatic rings. The van der Waals surface area contributed by atoms with Crippen molar-refractivity contribution in [3.05, 3.63) is 69.8 Å². The first-order valence-corrected chi connectivity index (χ1v) is 12.7. The van der Waals surface area contributed by atoms with Crippen LogP contribution in [0.15, 0.2) is 56.1 Å². The molecule has 2 aromatic carbocycles. The number of carbonyl (C=O) groups is 1. The van der Waals surface area contributed by atoms with Crippen molar-refractivity contribution in [2.75, 3.05) is 11.5 Å². The first kappa shape index (κ1) is 22.4. The summed E-state index contributed by atoms with van der Waals surface area (Å²) in [5.41, 5.74) is 3.02. The summed E-state index contributed by atoms with van der Waals surface area (Å²) in [6, 6.07) is 12.5. The van der Waals surface area contributed by atoms with Gasteiger partial charge in [-0.05, 0) is 31.0 Å². The van der Waals surface area contributed by atoms with Gasteiger partial charge < -0.3 is 19.3 Å². The number of rotatable bonds is 4. The summed E-state index contributed by atoms with van der Waals surface area (Å²) in [4.78, 5) is 25.3. The van der Waals surface area contributed by atoms with Crippen LogP contribution in [0.3, 0.4) is 0 Å². The van der Waals surface area contributed by atoms with Crippen LogP contribution in [-0.2, 0) is 21.1 Å². The van der Waals surface area contributed by atoms with Gasteiger partial charge in [0, 0.05) is 22.4 Å². The molecule has 2 atom stereocenters. The first-order chi connectivity index (χ1) is 16.1. The second-order valence-corrected chi connectivity index (χ2v) is 10.9. The molecule has 1 aliphatic heterocycles. The van der Waals surface area contributed by atoms with Crippen molar-refractivity contribution in [2.45, 2.75) is 32.4 Å². The molecular weight excluding hydrogens is 458 g/mol. The van der Waals surface area contributed by atoms with Crippen molar-refractivity contribution < 1.29 is 27.2 Å². The molecule has 1 amide bonds. The Morgan fingerprint density at radius 1 is 1.06 bits per heavy atom. The quantitative estimate of drug-likeness (QED) is 0.429. The third-order valence-corrected chi connectivity index (χ3v) is 8.06. The lowest BCUT2D eigenvalue weighted by Gasteiger charge is -2.15. The molecule has 0 aliphatic carbocycles. The van der Waals surface area contributed by atoms with Crippen LogP contribution in [0.25, 0.3) is 33.1 Å². The molecular formula is C25H23NO7S. The molecule has 1 aliphatic rings. The third kappa shape index (κ3) is 3.91. The van der Waals surface area contributed by atoms with Gasteiger partial charge in [-0.15, -0.1) is 0 Å². The van der Waals surface area contributed by atoms with Crippen molar-refractivity contribution in [1.29, 1.82) is 0 Å². The van der Waals surface area contributed by atoms with Crippen LogP contribution in [0.2, 0.25) is 0 Å². The molecule has 0 radical (unpaired) electrons. The Kier molecular flexibility index (Phi) is 5.33. The number of sulfone groups is 1. The number of aliphatic hydroxyl groups is 1. The van der Waals surface area contributed by atoms with Gasteiger partial charge in [0.2, 0.25) is 5.91 Å². The van der Waals surface area contributed by atoms with E-state index in [1.807, 2.05) is 43.3 Å². The van der Waals surface area contributed by atoms with Gasteiger partial charge in [0.25, 0.3) is 0 Å². The normalized spacial score (nSPS) is 19.6. The number of furan rings is 1. The van der Waals surface area contributed by atoms with E-state index in [0.717, 1.165) is 22.3 Å². The number of hydrogen-bond donors (Lipinski definition) is 2. The highest BCUT2D eigenvalue weighted by Crippen LogP contribution is 2.37. The van der Waals surface area contributed by atoms with E-state index in [-0.39, 0.29) is 23.5 Å². The van der Waals surface area contributed by atoms with E-state index in [1.165, 1.54) is 0 Å². The number of carbonyl (C=O) groups excluding carboxylic acids is 1. The molecule has 5 rings (SSSR count). The molecule has 3 heterocycles. The van der Waals surface area contributed by atoms with Gasteiger partial charge in [-0.3, -0.25) is 4.79 Å². The molecule has 1 saturated heterocycles. The maximum absolute atomic E-state index is 12.7. The van der Waals surface area contributed by atoms with Crippen molar-refractivity contribution in [3.63, 3.8) is 0 Å². The molecule has 0 saturated carbocycles. The monoisotopic (exact) mass is 481 g/mol. The minimum absolute atomic E-state index is 0.182. The van der Waals surface area contributed by atoms with Crippen molar-refractivity contribution >= 4 is 37.7 Å². The Morgan fingerprint density at radius 2 is 1.76 bits per heavy atom. The molecule has 34 heavy (non-hydrogen) atoms. The molecule has 1 fully saturated rings. The smallest absolute Gasteiger partial charge is 0.340 e. The second-order valence-electron chi connectivity index (χ2n) is 8.73. The van der Waals surface area contributed by atoms with E-state index >= 15 is 0 Å². The lowest BCUT2D eigenvalue weighted by molar-refractivity contribution is -0.121. The van der Waals surface area contributed by atoms with Gasteiger partial charge >= 0.3 is 5.63 Å². The number of amides is 1. The van der Waals surface area contributed by atoms with Gasteiger partial charge in [0.15, 0.2) is 9.84 Å². The fourth-order valence-electron chi connectivity index (χ4n) is 4.65. The van der Waals surface area contributed by atoms with Crippen molar-refractivity contribution in [3.8, 4) is 11.1 Å². The lowest BCUT2D eigenvalue weighted by Crippen LogP contribution is -2.43. The maximum atomic E-state index is 12.7. The van der Waals surface area contributed by atoms with Crippen LogP contribution in [0, 0.1) is 13.8 Å². The predicted octanol–water partition coefficient (Wildman–Crippen LogP) is 2.64. The van der Waals surface area contributed by atoms with Gasteiger partial charge in [-0.1, -0.05) is 30.3 Å². The number of nitrogens with one attached hydrogen (secondary N) is 1. The summed E-state index contributed by atoms with van der Waals surface area (Å²) in [5.74, 6) is -0.535. The zero-order chi connectivity index (χ0) is 24.2. The molecule has 2 aromatic heterocycles. The van der Waals surface area contributed by atoms with E-state index in [4.69, 9.17) is 8.83 Å². The van der Waals surface area contributed by atoms with Crippen LogP contribution >= 0.6 is 0 Å². The Hall–Kier alpha value is -3.43. The summed E-state index contributed by atoms with van der Waals surface area (Å²) < 4.78 is 34.9. The summed E-state index contributed by atoms with van der Waals surface area (Å²) in [5, 5.41) is 14.0. The molecule has 0 spiro atoms. The van der Waals surface area contributed by atoms with Gasteiger partial charge in [-0.2, -0.15) is 0 Å². The summed E-state index contributed by atoms with van der Waals surface area (Å²) >= 11 is 0. The summed E-state index contributed by atoms with van der Waals surface area (Å²) in [6.07, 6.45) is -1.46. The van der Waals surface area contributed by atoms with Gasteiger partial charge in [-0.25, -0.2) is 13.2 Å². The number of fused-ring (bicyclic) bond motifs is 2. The van der Waals surface area contributed by atoms with E-state index < -0.39 is 33.5 Å². The van der Waals surface area contributed by atoms with Crippen LogP contribution in [0.4, 0.5) is 0 Å². The fraction of sp³-hybridized carbons (Fsp3) is 0.280.